The van der Waals surface area contributed by atoms with Crippen LogP contribution in [0.25, 0.3) is 0 Å². The number of thiophene rings is 1. The van der Waals surface area contributed by atoms with Gasteiger partial charge in [0.15, 0.2) is 0 Å². The van der Waals surface area contributed by atoms with Crippen LogP contribution in [0.4, 0.5) is 11.4 Å². The van der Waals surface area contributed by atoms with Crippen LogP contribution in [0.5, 0.6) is 0 Å². The normalized spacial score (nSPS) is 17.6. The van der Waals surface area contributed by atoms with Gasteiger partial charge >= 0.3 is 0 Å². The molecule has 2 heterocycles. The monoisotopic (exact) mass is 403 g/mol. The zero-order chi connectivity index (χ0) is 17.5. The summed E-state index contributed by atoms with van der Waals surface area (Å²) in [5, 5.41) is 2.36. The van der Waals surface area contributed by atoms with Gasteiger partial charge < -0.3 is 9.80 Å². The van der Waals surface area contributed by atoms with E-state index in [4.69, 9.17) is 23.2 Å². The Hall–Kier alpha value is -1.41. The maximum Gasteiger partial charge on any atom is 0.271 e. The SMILES string of the molecule is CC1N(C)C=CN1c1cc(Cl)c(Cl)cc1NS(=O)(=O)c1cccs1. The van der Waals surface area contributed by atoms with Crippen molar-refractivity contribution in [2.75, 3.05) is 16.7 Å². The fourth-order valence-electron chi connectivity index (χ4n) is 2.35. The third-order valence-corrected chi connectivity index (χ3v) is 7.26. The highest BCUT2D eigenvalue weighted by Gasteiger charge is 2.26. The average molecular weight is 404 g/mol. The molecular formula is C15H15Cl2N3O2S2. The number of anilines is 2. The minimum Gasteiger partial charge on any atom is -0.359 e. The lowest BCUT2D eigenvalue weighted by Gasteiger charge is -2.29. The first-order valence-corrected chi connectivity index (χ1v) is 10.2. The number of benzene rings is 1. The van der Waals surface area contributed by atoms with E-state index in [1.54, 1.807) is 23.6 Å². The minimum absolute atomic E-state index is 0.0206. The molecule has 9 heteroatoms. The molecule has 1 N–H and O–H groups in total. The third-order valence-electron chi connectivity index (χ3n) is 3.78. The quantitative estimate of drug-likeness (QED) is 0.820. The van der Waals surface area contributed by atoms with E-state index < -0.39 is 10.0 Å². The first-order chi connectivity index (χ1) is 11.3. The molecule has 3 rings (SSSR count). The van der Waals surface area contributed by atoms with Gasteiger partial charge in [-0.15, -0.1) is 11.3 Å². The lowest BCUT2D eigenvalue weighted by Crippen LogP contribution is -2.34. The Bertz CT molecular complexity index is 882. The molecule has 1 aliphatic rings. The standard InChI is InChI=1S/C15H15Cl2N3O2S2/c1-10-19(2)5-6-20(10)14-9-12(17)11(16)8-13(14)18-24(21,22)15-4-3-7-23-15/h3-10,18H,1-2H3. The van der Waals surface area contributed by atoms with Crippen molar-refractivity contribution in [2.24, 2.45) is 0 Å². The maximum atomic E-state index is 12.5. The minimum atomic E-state index is -3.68. The van der Waals surface area contributed by atoms with Gasteiger partial charge in [0, 0.05) is 19.4 Å². The number of sulfonamides is 1. The van der Waals surface area contributed by atoms with Crippen LogP contribution >= 0.6 is 34.5 Å². The number of nitrogens with one attached hydrogen (secondary N) is 1. The lowest BCUT2D eigenvalue weighted by atomic mass is 10.2. The van der Waals surface area contributed by atoms with Gasteiger partial charge in [-0.25, -0.2) is 8.42 Å². The summed E-state index contributed by atoms with van der Waals surface area (Å²) in [7, 11) is -1.74. The Morgan fingerprint density at radius 2 is 1.92 bits per heavy atom. The predicted molar refractivity (Wildman–Crippen MR) is 100 cm³/mol. The smallest absolute Gasteiger partial charge is 0.271 e. The second-order valence-electron chi connectivity index (χ2n) is 5.32. The fraction of sp³-hybridized carbons (Fsp3) is 0.200. The van der Waals surface area contributed by atoms with Gasteiger partial charge in [-0.3, -0.25) is 4.72 Å². The van der Waals surface area contributed by atoms with E-state index in [1.807, 2.05) is 36.2 Å². The second-order valence-corrected chi connectivity index (χ2v) is 9.00. The molecule has 0 fully saturated rings. The second kappa shape index (κ2) is 6.48. The van der Waals surface area contributed by atoms with Crippen LogP contribution in [-0.4, -0.2) is 26.5 Å². The largest absolute Gasteiger partial charge is 0.359 e. The summed E-state index contributed by atoms with van der Waals surface area (Å²) < 4.78 is 27.9. The first kappa shape index (κ1) is 17.4. The van der Waals surface area contributed by atoms with Crippen LogP contribution in [-0.2, 0) is 10.0 Å². The van der Waals surface area contributed by atoms with Crippen molar-refractivity contribution in [1.29, 1.82) is 0 Å². The molecule has 1 aromatic heterocycles. The molecule has 1 aromatic carbocycles. The fourth-order valence-corrected chi connectivity index (χ4v) is 4.73. The molecule has 2 aromatic rings. The molecule has 0 bridgehead atoms. The molecule has 1 aliphatic heterocycles. The van der Waals surface area contributed by atoms with E-state index in [9.17, 15) is 8.42 Å². The predicted octanol–water partition coefficient (Wildman–Crippen LogP) is 4.42. The highest BCUT2D eigenvalue weighted by Crippen LogP contribution is 2.38. The molecule has 24 heavy (non-hydrogen) atoms. The highest BCUT2D eigenvalue weighted by atomic mass is 35.5. The van der Waals surface area contributed by atoms with Crippen LogP contribution in [0, 0.1) is 0 Å². The van der Waals surface area contributed by atoms with Crippen LogP contribution in [0.2, 0.25) is 10.0 Å². The highest BCUT2D eigenvalue weighted by molar-refractivity contribution is 7.94. The zero-order valence-electron chi connectivity index (χ0n) is 12.9. The Morgan fingerprint density at radius 1 is 1.21 bits per heavy atom. The van der Waals surface area contributed by atoms with E-state index in [-0.39, 0.29) is 15.4 Å². The first-order valence-electron chi connectivity index (χ1n) is 7.03. The summed E-state index contributed by atoms with van der Waals surface area (Å²) in [6.07, 6.45) is 3.80. The van der Waals surface area contributed by atoms with Crippen LogP contribution < -0.4 is 9.62 Å². The third kappa shape index (κ3) is 3.21. The van der Waals surface area contributed by atoms with Gasteiger partial charge in [-0.05, 0) is 30.5 Å². The molecule has 1 atom stereocenters. The molecule has 5 nitrogen and oxygen atoms in total. The lowest BCUT2D eigenvalue weighted by molar-refractivity contribution is 0.383. The topological polar surface area (TPSA) is 52.6 Å². The van der Waals surface area contributed by atoms with Crippen molar-refractivity contribution in [3.05, 3.63) is 52.1 Å². The average Bonchev–Trinajstić information content (AvgIpc) is 3.15. The number of nitrogens with zero attached hydrogens (tertiary/aromatic N) is 2. The summed E-state index contributed by atoms with van der Waals surface area (Å²) in [6, 6.07) is 6.44. The van der Waals surface area contributed by atoms with E-state index in [0.29, 0.717) is 16.4 Å². The van der Waals surface area contributed by atoms with Crippen molar-refractivity contribution in [1.82, 2.24) is 4.90 Å². The van der Waals surface area contributed by atoms with Crippen molar-refractivity contribution in [3.63, 3.8) is 0 Å². The van der Waals surface area contributed by atoms with Crippen LogP contribution in [0.3, 0.4) is 0 Å². The number of halogens is 2. The van der Waals surface area contributed by atoms with Gasteiger partial charge in [0.1, 0.15) is 10.4 Å². The van der Waals surface area contributed by atoms with Crippen molar-refractivity contribution < 1.29 is 8.42 Å². The molecule has 0 amide bonds. The number of hydrogen-bond donors (Lipinski definition) is 1. The Labute approximate surface area is 155 Å². The van der Waals surface area contributed by atoms with Gasteiger partial charge in [0.05, 0.1) is 21.4 Å². The molecule has 0 saturated carbocycles. The van der Waals surface area contributed by atoms with E-state index in [2.05, 4.69) is 4.72 Å². The van der Waals surface area contributed by atoms with Gasteiger partial charge in [-0.2, -0.15) is 0 Å². The molecule has 0 saturated heterocycles. The van der Waals surface area contributed by atoms with Crippen LogP contribution in [0.15, 0.2) is 46.3 Å². The summed E-state index contributed by atoms with van der Waals surface area (Å²) in [4.78, 5) is 3.93. The zero-order valence-corrected chi connectivity index (χ0v) is 16.0. The number of hydrogen-bond acceptors (Lipinski definition) is 5. The summed E-state index contributed by atoms with van der Waals surface area (Å²) >= 11 is 13.4. The molecule has 0 aliphatic carbocycles. The summed E-state index contributed by atoms with van der Waals surface area (Å²) in [6.45, 7) is 2.00. The van der Waals surface area contributed by atoms with Gasteiger partial charge in [0.2, 0.25) is 0 Å². The molecule has 0 radical (unpaired) electrons. The molecule has 1 unspecified atom stereocenters. The van der Waals surface area contributed by atoms with E-state index >= 15 is 0 Å². The molecular weight excluding hydrogens is 389 g/mol. The van der Waals surface area contributed by atoms with Crippen molar-refractivity contribution >= 4 is 55.9 Å². The van der Waals surface area contributed by atoms with Gasteiger partial charge in [-0.1, -0.05) is 29.3 Å². The Kier molecular flexibility index (Phi) is 4.70. The van der Waals surface area contributed by atoms with Gasteiger partial charge in [0.25, 0.3) is 10.0 Å². The Balaban J connectivity index is 2.04. The van der Waals surface area contributed by atoms with Crippen LogP contribution in [0.1, 0.15) is 6.92 Å². The molecule has 128 valence electrons. The Morgan fingerprint density at radius 3 is 2.50 bits per heavy atom. The maximum absolute atomic E-state index is 12.5. The summed E-state index contributed by atoms with van der Waals surface area (Å²) in [5.41, 5.74) is 1.02. The van der Waals surface area contributed by atoms with E-state index in [0.717, 1.165) is 11.3 Å². The van der Waals surface area contributed by atoms with E-state index in [1.165, 1.54) is 6.07 Å². The number of rotatable bonds is 4. The van der Waals surface area contributed by atoms with Crippen molar-refractivity contribution in [2.45, 2.75) is 17.3 Å². The van der Waals surface area contributed by atoms with Crippen molar-refractivity contribution in [3.8, 4) is 0 Å². The summed E-state index contributed by atoms with van der Waals surface area (Å²) in [5.74, 6) is 0. The molecule has 0 spiro atoms.